The van der Waals surface area contributed by atoms with Gasteiger partial charge in [0.05, 0.1) is 52.3 Å². The molecule has 1 saturated carbocycles. The first-order valence-corrected chi connectivity index (χ1v) is 12.3. The van der Waals surface area contributed by atoms with Gasteiger partial charge in [0.1, 0.15) is 17.0 Å². The van der Waals surface area contributed by atoms with Crippen LogP contribution in [0.15, 0.2) is 37.1 Å². The summed E-state index contributed by atoms with van der Waals surface area (Å²) < 4.78 is 60.8. The normalized spacial score (nSPS) is 22.1. The maximum atomic E-state index is 11.9. The highest BCUT2D eigenvalue weighted by Crippen LogP contribution is 2.40. The van der Waals surface area contributed by atoms with Crippen molar-refractivity contribution in [2.24, 2.45) is 11.8 Å². The molecule has 2 atom stereocenters. The molecule has 2 N–H and O–H groups in total. The van der Waals surface area contributed by atoms with Gasteiger partial charge >= 0.3 is 0 Å². The highest BCUT2D eigenvalue weighted by Gasteiger charge is 2.30. The van der Waals surface area contributed by atoms with Gasteiger partial charge in [-0.2, -0.15) is 0 Å². The smallest absolute Gasteiger partial charge is 0.223 e. The number of pyridine rings is 1. The number of fused-ring (bicyclic) bond motifs is 1. The highest BCUT2D eigenvalue weighted by molar-refractivity contribution is 6.34. The quantitative estimate of drug-likeness (QED) is 0.340. The zero-order chi connectivity index (χ0) is 30.9. The fourth-order valence-corrected chi connectivity index (χ4v) is 4.54. The van der Waals surface area contributed by atoms with Crippen molar-refractivity contribution in [2.75, 3.05) is 44.5 Å². The molecule has 1 aromatic carbocycles. The number of allylic oxidation sites excluding steroid dienone is 1. The first-order valence-electron chi connectivity index (χ1n) is 14.9. The standard InChI is InChI=1S/C27H30ClN5O4/c1-4-18(34)7-17-13-37-14-22(17)32-27-30-12-16-8-21(20-9-19(35-2)10-23(36-3)24(20)28)31-26(25(16)33-27)29-11-15-5-6-15/h4,8-10,12,15,17,22H,1,5-7,11,13-14H2,2-3H3,(H,29,31)(H,30,32,33)/t17-,22+/m0/s1/i2D3,3D3. The van der Waals surface area contributed by atoms with Crippen LogP contribution in [0.2, 0.25) is 5.02 Å². The third-order valence-corrected chi connectivity index (χ3v) is 6.93. The van der Waals surface area contributed by atoms with Crippen LogP contribution in [-0.4, -0.2) is 60.6 Å². The van der Waals surface area contributed by atoms with Gasteiger partial charge in [0.15, 0.2) is 11.6 Å². The summed E-state index contributed by atoms with van der Waals surface area (Å²) in [5.74, 6) is 0.682. The van der Waals surface area contributed by atoms with Crippen molar-refractivity contribution < 1.29 is 27.2 Å². The van der Waals surface area contributed by atoms with Gasteiger partial charge in [-0.3, -0.25) is 4.79 Å². The number of nitrogens with one attached hydrogen (secondary N) is 2. The molecular weight excluding hydrogens is 494 g/mol. The lowest BCUT2D eigenvalue weighted by Gasteiger charge is -2.19. The molecule has 0 radical (unpaired) electrons. The lowest BCUT2D eigenvalue weighted by molar-refractivity contribution is -0.115. The van der Waals surface area contributed by atoms with Crippen molar-refractivity contribution in [1.29, 1.82) is 0 Å². The van der Waals surface area contributed by atoms with Gasteiger partial charge in [-0.05, 0) is 37.0 Å². The molecule has 1 aliphatic heterocycles. The third-order valence-electron chi connectivity index (χ3n) is 6.54. The number of hydrogen-bond acceptors (Lipinski definition) is 9. The Hall–Kier alpha value is -3.43. The van der Waals surface area contributed by atoms with E-state index in [1.807, 2.05) is 0 Å². The molecule has 2 aromatic heterocycles. The lowest BCUT2D eigenvalue weighted by Crippen LogP contribution is -2.30. The Morgan fingerprint density at radius 3 is 2.92 bits per heavy atom. The Labute approximate surface area is 229 Å². The number of hydrogen-bond donors (Lipinski definition) is 2. The first kappa shape index (κ1) is 18.8. The second-order valence-corrected chi connectivity index (χ2v) is 9.60. The van der Waals surface area contributed by atoms with E-state index in [2.05, 4.69) is 22.2 Å². The van der Waals surface area contributed by atoms with E-state index in [0.29, 0.717) is 60.5 Å². The Kier molecular flexibility index (Phi) is 5.53. The van der Waals surface area contributed by atoms with E-state index in [1.165, 1.54) is 12.1 Å². The van der Waals surface area contributed by atoms with Crippen molar-refractivity contribution >= 4 is 40.1 Å². The van der Waals surface area contributed by atoms with E-state index < -0.39 is 14.1 Å². The molecule has 3 aromatic rings. The molecule has 5 rings (SSSR count). The maximum Gasteiger partial charge on any atom is 0.223 e. The molecule has 9 nitrogen and oxygen atoms in total. The Morgan fingerprint density at radius 2 is 2.14 bits per heavy atom. The summed E-state index contributed by atoms with van der Waals surface area (Å²) in [5.41, 5.74) is 1.00. The van der Waals surface area contributed by atoms with Gasteiger partial charge < -0.3 is 24.8 Å². The maximum absolute atomic E-state index is 11.9. The number of aromatic nitrogens is 3. The van der Waals surface area contributed by atoms with Crippen molar-refractivity contribution in [2.45, 2.75) is 25.3 Å². The largest absolute Gasteiger partial charge is 0.497 e. The van der Waals surface area contributed by atoms with Crippen LogP contribution in [0, 0.1) is 11.8 Å². The molecule has 37 heavy (non-hydrogen) atoms. The topological polar surface area (TPSA) is 107 Å². The predicted molar refractivity (Wildman–Crippen MR) is 144 cm³/mol. The van der Waals surface area contributed by atoms with Gasteiger partial charge in [0.2, 0.25) is 5.95 Å². The number of halogens is 1. The van der Waals surface area contributed by atoms with E-state index >= 15 is 0 Å². The van der Waals surface area contributed by atoms with Gasteiger partial charge in [0.25, 0.3) is 0 Å². The molecule has 0 bridgehead atoms. The van der Waals surface area contributed by atoms with Gasteiger partial charge in [-0.25, -0.2) is 15.0 Å². The van der Waals surface area contributed by atoms with Crippen LogP contribution in [0.4, 0.5) is 11.8 Å². The molecule has 1 saturated heterocycles. The number of carbonyl (C=O) groups excluding carboxylic acids is 1. The minimum atomic E-state index is -2.85. The summed E-state index contributed by atoms with van der Waals surface area (Å²) in [7, 11) is -5.66. The number of benzene rings is 1. The van der Waals surface area contributed by atoms with E-state index in [1.54, 1.807) is 12.3 Å². The van der Waals surface area contributed by atoms with Gasteiger partial charge in [-0.1, -0.05) is 18.2 Å². The molecular formula is C27H30ClN5O4. The second-order valence-electron chi connectivity index (χ2n) is 9.22. The number of anilines is 2. The summed E-state index contributed by atoms with van der Waals surface area (Å²) in [6.45, 7) is 5.03. The van der Waals surface area contributed by atoms with Crippen molar-refractivity contribution in [3.63, 3.8) is 0 Å². The van der Waals surface area contributed by atoms with Gasteiger partial charge in [-0.15, -0.1) is 0 Å². The third kappa shape index (κ3) is 5.62. The van der Waals surface area contributed by atoms with Gasteiger partial charge in [0, 0.05) is 42.1 Å². The van der Waals surface area contributed by atoms with E-state index in [0.717, 1.165) is 18.9 Å². The van der Waals surface area contributed by atoms with E-state index in [4.69, 9.17) is 44.0 Å². The minimum Gasteiger partial charge on any atom is -0.497 e. The molecule has 0 unspecified atom stereocenters. The average Bonchev–Trinajstić information content (AvgIpc) is 3.66. The van der Waals surface area contributed by atoms with Crippen molar-refractivity contribution in [3.05, 3.63) is 42.1 Å². The SMILES string of the molecule is [2H]C([2H])([2H])Oc1cc(OC([2H])([2H])[2H])c(Cl)c(-c2cc3cnc(N[C@@H]4COC[C@@H]4CC(=O)C=C)nc3c(NCC3CC3)n2)c1. The lowest BCUT2D eigenvalue weighted by atomic mass is 9.97. The summed E-state index contributed by atoms with van der Waals surface area (Å²) in [5, 5.41) is 7.13. The fourth-order valence-electron chi connectivity index (χ4n) is 4.29. The van der Waals surface area contributed by atoms with Crippen LogP contribution in [0.5, 0.6) is 11.5 Å². The van der Waals surface area contributed by atoms with Crippen LogP contribution < -0.4 is 20.1 Å². The van der Waals surface area contributed by atoms with Crippen molar-refractivity contribution in [3.8, 4) is 22.8 Å². The summed E-state index contributed by atoms with van der Waals surface area (Å²) in [6.07, 6.45) is 5.39. The average molecular weight is 530 g/mol. The Bertz CT molecular complexity index is 1530. The number of nitrogens with zero attached hydrogens (tertiary/aromatic N) is 3. The van der Waals surface area contributed by atoms with E-state index in [-0.39, 0.29) is 39.8 Å². The molecule has 0 amide bonds. The summed E-state index contributed by atoms with van der Waals surface area (Å²) >= 11 is 6.60. The van der Waals surface area contributed by atoms with Crippen molar-refractivity contribution in [1.82, 2.24) is 15.0 Å². The van der Waals surface area contributed by atoms with Crippen LogP contribution in [0.1, 0.15) is 27.5 Å². The number of carbonyl (C=O) groups is 1. The number of methoxy groups -OCH3 is 2. The molecule has 194 valence electrons. The fraction of sp³-hybridized carbons (Fsp3) is 0.407. The molecule has 0 spiro atoms. The molecule has 2 aliphatic rings. The number of ether oxygens (including phenoxy) is 3. The molecule has 2 fully saturated rings. The van der Waals surface area contributed by atoms with E-state index in [9.17, 15) is 4.79 Å². The zero-order valence-electron chi connectivity index (χ0n) is 25.9. The highest BCUT2D eigenvalue weighted by atomic mass is 35.5. The Morgan fingerprint density at radius 1 is 1.27 bits per heavy atom. The van der Waals surface area contributed by atoms with Crippen LogP contribution in [-0.2, 0) is 9.53 Å². The zero-order valence-corrected chi connectivity index (χ0v) is 20.7. The predicted octanol–water partition coefficient (Wildman–Crippen LogP) is 4.76. The second kappa shape index (κ2) is 10.9. The Balaban J connectivity index is 1.54. The summed E-state index contributed by atoms with van der Waals surface area (Å²) in [4.78, 5) is 25.9. The summed E-state index contributed by atoms with van der Waals surface area (Å²) in [6, 6.07) is 3.96. The minimum absolute atomic E-state index is 0.0596. The molecule has 1 aliphatic carbocycles. The monoisotopic (exact) mass is 529 g/mol. The van der Waals surface area contributed by atoms with Crippen LogP contribution >= 0.6 is 11.6 Å². The van der Waals surface area contributed by atoms with Crippen LogP contribution in [0.3, 0.4) is 0 Å². The molecule has 10 heteroatoms. The molecule has 3 heterocycles. The first-order chi connectivity index (χ1) is 20.3. The van der Waals surface area contributed by atoms with Crippen LogP contribution in [0.25, 0.3) is 22.2 Å². The number of rotatable bonds is 11. The number of ketones is 1.